The van der Waals surface area contributed by atoms with Crippen molar-refractivity contribution in [2.75, 3.05) is 5.32 Å². The Hall–Kier alpha value is -3.38. The molecule has 1 aromatic heterocycles. The van der Waals surface area contributed by atoms with Crippen molar-refractivity contribution in [3.8, 4) is 11.8 Å². The van der Waals surface area contributed by atoms with Crippen LogP contribution < -0.4 is 10.1 Å². The third-order valence-corrected chi connectivity index (χ3v) is 4.48. The van der Waals surface area contributed by atoms with Crippen molar-refractivity contribution in [2.24, 2.45) is 0 Å². The van der Waals surface area contributed by atoms with E-state index in [1.165, 1.54) is 41.7 Å². The maximum Gasteiger partial charge on any atom is 0.573 e. The van der Waals surface area contributed by atoms with E-state index >= 15 is 0 Å². The van der Waals surface area contributed by atoms with E-state index in [4.69, 9.17) is 5.26 Å². The highest BCUT2D eigenvalue weighted by Gasteiger charge is 2.30. The van der Waals surface area contributed by atoms with Gasteiger partial charge < -0.3 is 4.74 Å². The number of halogens is 3. The molecule has 0 aliphatic carbocycles. The predicted octanol–water partition coefficient (Wildman–Crippen LogP) is 4.76. The van der Waals surface area contributed by atoms with Crippen LogP contribution in [0.5, 0.6) is 5.75 Å². The fourth-order valence-corrected chi connectivity index (χ4v) is 3.20. The SMILES string of the molecule is N#Cc1cccc(C(=O)Nc2ncc(Cc3ccc(OC(F)(F)F)cc3)s2)c1. The highest BCUT2D eigenvalue weighted by atomic mass is 32.1. The zero-order valence-electron chi connectivity index (χ0n) is 14.2. The first-order chi connectivity index (χ1) is 13.3. The summed E-state index contributed by atoms with van der Waals surface area (Å²) >= 11 is 1.26. The lowest BCUT2D eigenvalue weighted by Crippen LogP contribution is -2.17. The van der Waals surface area contributed by atoms with Crippen molar-refractivity contribution >= 4 is 22.4 Å². The smallest absolute Gasteiger partial charge is 0.406 e. The van der Waals surface area contributed by atoms with Gasteiger partial charge in [0.15, 0.2) is 5.13 Å². The van der Waals surface area contributed by atoms with Crippen LogP contribution in [0.4, 0.5) is 18.3 Å². The molecule has 3 aromatic rings. The molecule has 1 amide bonds. The third kappa shape index (κ3) is 5.31. The van der Waals surface area contributed by atoms with Crippen LogP contribution in [0.2, 0.25) is 0 Å². The summed E-state index contributed by atoms with van der Waals surface area (Å²) in [5, 5.41) is 11.9. The number of thiazole rings is 1. The van der Waals surface area contributed by atoms with E-state index in [0.29, 0.717) is 22.7 Å². The first-order valence-corrected chi connectivity index (χ1v) is 8.75. The van der Waals surface area contributed by atoms with Crippen molar-refractivity contribution in [1.82, 2.24) is 4.98 Å². The number of benzene rings is 2. The molecule has 0 saturated carbocycles. The Morgan fingerprint density at radius 2 is 1.96 bits per heavy atom. The molecule has 0 unspecified atom stereocenters. The molecule has 2 aromatic carbocycles. The van der Waals surface area contributed by atoms with Crippen molar-refractivity contribution in [3.05, 3.63) is 76.3 Å². The summed E-state index contributed by atoms with van der Waals surface area (Å²) in [7, 11) is 0. The van der Waals surface area contributed by atoms with Gasteiger partial charge in [0.1, 0.15) is 5.75 Å². The van der Waals surface area contributed by atoms with E-state index in [0.717, 1.165) is 10.4 Å². The molecule has 142 valence electrons. The van der Waals surface area contributed by atoms with Gasteiger partial charge in [0, 0.05) is 23.1 Å². The molecule has 28 heavy (non-hydrogen) atoms. The van der Waals surface area contributed by atoms with Crippen molar-refractivity contribution in [3.63, 3.8) is 0 Å². The van der Waals surface area contributed by atoms with Gasteiger partial charge in [-0.1, -0.05) is 18.2 Å². The number of carbonyl (C=O) groups excluding carboxylic acids is 1. The number of hydrogen-bond acceptors (Lipinski definition) is 5. The van der Waals surface area contributed by atoms with Gasteiger partial charge in [0.05, 0.1) is 11.6 Å². The minimum atomic E-state index is -4.72. The number of nitrogens with zero attached hydrogens (tertiary/aromatic N) is 2. The van der Waals surface area contributed by atoms with Gasteiger partial charge in [0.2, 0.25) is 0 Å². The molecule has 1 heterocycles. The van der Waals surface area contributed by atoms with Gasteiger partial charge in [-0.3, -0.25) is 10.1 Å². The molecule has 1 N–H and O–H groups in total. The molecule has 0 aliphatic heterocycles. The topological polar surface area (TPSA) is 75.0 Å². The number of anilines is 1. The van der Waals surface area contributed by atoms with Crippen molar-refractivity contribution in [2.45, 2.75) is 12.8 Å². The minimum absolute atomic E-state index is 0.284. The number of rotatable bonds is 5. The number of carbonyl (C=O) groups is 1. The standard InChI is InChI=1S/C19H12F3N3O2S/c20-19(21,22)27-15-6-4-12(5-7-15)9-16-11-24-18(28-16)25-17(26)14-3-1-2-13(8-14)10-23/h1-8,11H,9H2,(H,24,25,26). The van der Waals surface area contributed by atoms with E-state index in [1.807, 2.05) is 6.07 Å². The molecular formula is C19H12F3N3O2S. The Balaban J connectivity index is 1.62. The summed E-state index contributed by atoms with van der Waals surface area (Å²) in [5.41, 5.74) is 1.50. The quantitative estimate of drug-likeness (QED) is 0.667. The second-order valence-corrected chi connectivity index (χ2v) is 6.76. The number of aromatic nitrogens is 1. The van der Waals surface area contributed by atoms with E-state index in [2.05, 4.69) is 15.0 Å². The summed E-state index contributed by atoms with van der Waals surface area (Å²) in [6.45, 7) is 0. The molecule has 5 nitrogen and oxygen atoms in total. The Morgan fingerprint density at radius 1 is 1.21 bits per heavy atom. The monoisotopic (exact) mass is 403 g/mol. The highest BCUT2D eigenvalue weighted by Crippen LogP contribution is 2.25. The summed E-state index contributed by atoms with van der Waals surface area (Å²) < 4.78 is 40.4. The second kappa shape index (κ2) is 8.10. The first-order valence-electron chi connectivity index (χ1n) is 7.93. The van der Waals surface area contributed by atoms with Crippen LogP contribution in [-0.2, 0) is 6.42 Å². The molecule has 3 rings (SSSR count). The van der Waals surface area contributed by atoms with E-state index in [-0.39, 0.29) is 11.7 Å². The molecule has 0 radical (unpaired) electrons. The molecule has 9 heteroatoms. The van der Waals surface area contributed by atoms with Crippen LogP contribution in [0, 0.1) is 11.3 Å². The average molecular weight is 403 g/mol. The van der Waals surface area contributed by atoms with Crippen LogP contribution in [-0.4, -0.2) is 17.3 Å². The maximum atomic E-state index is 12.2. The fraction of sp³-hybridized carbons (Fsp3) is 0.105. The number of alkyl halides is 3. The maximum absolute atomic E-state index is 12.2. The van der Waals surface area contributed by atoms with Gasteiger partial charge in [-0.2, -0.15) is 5.26 Å². The number of nitriles is 1. The molecule has 0 aliphatic rings. The Bertz CT molecular complexity index is 1020. The van der Waals surface area contributed by atoms with Crippen LogP contribution in [0.25, 0.3) is 0 Å². The van der Waals surface area contributed by atoms with Crippen LogP contribution in [0.15, 0.2) is 54.7 Å². The summed E-state index contributed by atoms with van der Waals surface area (Å²) in [4.78, 5) is 17.2. The molecular weight excluding hydrogens is 391 g/mol. The predicted molar refractivity (Wildman–Crippen MR) is 97.2 cm³/mol. The van der Waals surface area contributed by atoms with E-state index in [1.54, 1.807) is 24.4 Å². The lowest BCUT2D eigenvalue weighted by atomic mass is 10.1. The summed E-state index contributed by atoms with van der Waals surface area (Å²) in [5.74, 6) is -0.667. The van der Waals surface area contributed by atoms with Gasteiger partial charge in [-0.25, -0.2) is 4.98 Å². The third-order valence-electron chi connectivity index (χ3n) is 3.56. The van der Waals surface area contributed by atoms with E-state index < -0.39 is 6.36 Å². The average Bonchev–Trinajstić information content (AvgIpc) is 3.09. The van der Waals surface area contributed by atoms with Crippen molar-refractivity contribution in [1.29, 1.82) is 5.26 Å². The fourth-order valence-electron chi connectivity index (χ4n) is 2.36. The highest BCUT2D eigenvalue weighted by molar-refractivity contribution is 7.15. The van der Waals surface area contributed by atoms with Crippen LogP contribution in [0.3, 0.4) is 0 Å². The van der Waals surface area contributed by atoms with Gasteiger partial charge in [0.25, 0.3) is 5.91 Å². The second-order valence-electron chi connectivity index (χ2n) is 5.65. The molecule has 0 spiro atoms. The molecule has 0 bridgehead atoms. The molecule has 0 atom stereocenters. The number of hydrogen-bond donors (Lipinski definition) is 1. The zero-order chi connectivity index (χ0) is 20.1. The van der Waals surface area contributed by atoms with Crippen molar-refractivity contribution < 1.29 is 22.7 Å². The molecule has 0 saturated heterocycles. The normalized spacial score (nSPS) is 10.9. The Kier molecular flexibility index (Phi) is 5.61. The molecule has 0 fully saturated rings. The first kappa shape index (κ1) is 19.4. The van der Waals surface area contributed by atoms with Crippen LogP contribution >= 0.6 is 11.3 Å². The largest absolute Gasteiger partial charge is 0.573 e. The van der Waals surface area contributed by atoms with Gasteiger partial charge in [-0.05, 0) is 35.9 Å². The lowest BCUT2D eigenvalue weighted by molar-refractivity contribution is -0.274. The summed E-state index contributed by atoms with van der Waals surface area (Å²) in [6, 6.07) is 13.8. The van der Waals surface area contributed by atoms with Crippen LogP contribution in [0.1, 0.15) is 26.4 Å². The lowest BCUT2D eigenvalue weighted by Gasteiger charge is -2.08. The summed E-state index contributed by atoms with van der Waals surface area (Å²) in [6.07, 6.45) is -2.69. The number of nitrogens with one attached hydrogen (secondary N) is 1. The van der Waals surface area contributed by atoms with Gasteiger partial charge in [-0.15, -0.1) is 24.5 Å². The van der Waals surface area contributed by atoms with Gasteiger partial charge >= 0.3 is 6.36 Å². The Morgan fingerprint density at radius 3 is 2.64 bits per heavy atom. The zero-order valence-corrected chi connectivity index (χ0v) is 15.0. The number of amides is 1. The Labute approximate surface area is 162 Å². The number of ether oxygens (including phenoxy) is 1. The minimum Gasteiger partial charge on any atom is -0.406 e. The van der Waals surface area contributed by atoms with E-state index in [9.17, 15) is 18.0 Å².